The first kappa shape index (κ1) is 19.6. The fourth-order valence-electron chi connectivity index (χ4n) is 2.64. The van der Waals surface area contributed by atoms with Crippen molar-refractivity contribution in [1.82, 2.24) is 0 Å². The lowest BCUT2D eigenvalue weighted by atomic mass is 10.1. The second kappa shape index (κ2) is 8.22. The van der Waals surface area contributed by atoms with Gasteiger partial charge >= 0.3 is 5.97 Å². The largest absolute Gasteiger partial charge is 0.508 e. The predicted molar refractivity (Wildman–Crippen MR) is 110 cm³/mol. The van der Waals surface area contributed by atoms with E-state index in [4.69, 9.17) is 9.47 Å². The van der Waals surface area contributed by atoms with Crippen molar-refractivity contribution < 1.29 is 24.5 Å². The molecule has 3 rings (SSSR count). The zero-order valence-electron chi connectivity index (χ0n) is 15.6. The number of aliphatic hydroxyl groups excluding tert-OH is 1. The summed E-state index contributed by atoms with van der Waals surface area (Å²) in [6.45, 7) is 1.78. The lowest BCUT2D eigenvalue weighted by Gasteiger charge is -2.05. The summed E-state index contributed by atoms with van der Waals surface area (Å²) in [5.41, 5.74) is 2.01. The molecule has 1 heterocycles. The number of aromatic hydroxyl groups is 1. The first-order valence-electron chi connectivity index (χ1n) is 8.37. The highest BCUT2D eigenvalue weighted by Gasteiger charge is 2.33. The van der Waals surface area contributed by atoms with Crippen LogP contribution in [0.4, 0.5) is 5.69 Å². The van der Waals surface area contributed by atoms with E-state index in [1.165, 1.54) is 14.2 Å². The number of phenolic OH excluding ortho intramolecular Hbond substituents is 1. The number of benzene rings is 2. The van der Waals surface area contributed by atoms with Crippen LogP contribution in [0.15, 0.2) is 63.7 Å². The van der Waals surface area contributed by atoms with E-state index in [2.05, 4.69) is 4.99 Å². The smallest absolute Gasteiger partial charge is 0.344 e. The summed E-state index contributed by atoms with van der Waals surface area (Å²) < 4.78 is 10.1. The molecule has 0 bridgehead atoms. The SMILES string of the molecule is COC(=O)C1=C(O)C(=Cc2ccc(O)c(C)c2)SC1=Nc1ccccc1OC. The molecule has 0 atom stereocenters. The molecule has 2 aromatic carbocycles. The van der Waals surface area contributed by atoms with E-state index in [1.807, 2.05) is 6.07 Å². The van der Waals surface area contributed by atoms with Crippen LogP contribution in [0, 0.1) is 6.92 Å². The fourth-order valence-corrected chi connectivity index (χ4v) is 3.67. The summed E-state index contributed by atoms with van der Waals surface area (Å²) in [5, 5.41) is 20.6. The van der Waals surface area contributed by atoms with E-state index in [-0.39, 0.29) is 17.1 Å². The summed E-state index contributed by atoms with van der Waals surface area (Å²) in [7, 11) is 2.78. The minimum atomic E-state index is -0.677. The van der Waals surface area contributed by atoms with Crippen molar-refractivity contribution >= 4 is 34.5 Å². The van der Waals surface area contributed by atoms with Gasteiger partial charge in [0.2, 0.25) is 0 Å². The molecule has 0 unspecified atom stereocenters. The van der Waals surface area contributed by atoms with Gasteiger partial charge in [0.1, 0.15) is 33.6 Å². The summed E-state index contributed by atoms with van der Waals surface area (Å²) in [4.78, 5) is 17.2. The average molecular weight is 397 g/mol. The number of ether oxygens (including phenoxy) is 2. The van der Waals surface area contributed by atoms with E-state index >= 15 is 0 Å². The second-order valence-corrected chi connectivity index (χ2v) is 6.99. The van der Waals surface area contributed by atoms with Crippen LogP contribution in [0.25, 0.3) is 6.08 Å². The molecule has 6 nitrogen and oxygen atoms in total. The van der Waals surface area contributed by atoms with E-state index in [1.54, 1.807) is 49.4 Å². The Morgan fingerprint density at radius 1 is 1.14 bits per heavy atom. The topological polar surface area (TPSA) is 88.4 Å². The van der Waals surface area contributed by atoms with Crippen molar-refractivity contribution in [1.29, 1.82) is 0 Å². The van der Waals surface area contributed by atoms with Crippen LogP contribution in [0.1, 0.15) is 11.1 Å². The Morgan fingerprint density at radius 2 is 1.89 bits per heavy atom. The molecule has 1 aliphatic heterocycles. The van der Waals surface area contributed by atoms with Gasteiger partial charge in [-0.2, -0.15) is 0 Å². The summed E-state index contributed by atoms with van der Waals surface area (Å²) in [6.07, 6.45) is 1.72. The molecule has 0 saturated carbocycles. The Morgan fingerprint density at radius 3 is 2.57 bits per heavy atom. The van der Waals surface area contributed by atoms with Gasteiger partial charge in [-0.3, -0.25) is 0 Å². The molecule has 2 aromatic rings. The van der Waals surface area contributed by atoms with Gasteiger partial charge in [0, 0.05) is 0 Å². The molecule has 0 spiro atoms. The molecular weight excluding hydrogens is 378 g/mol. The molecule has 0 saturated heterocycles. The number of hydrogen-bond acceptors (Lipinski definition) is 7. The monoisotopic (exact) mass is 397 g/mol. The van der Waals surface area contributed by atoms with E-state index in [0.717, 1.165) is 17.3 Å². The van der Waals surface area contributed by atoms with Crippen LogP contribution in [0.3, 0.4) is 0 Å². The fraction of sp³-hybridized carbons (Fsp3) is 0.143. The van der Waals surface area contributed by atoms with E-state index < -0.39 is 5.97 Å². The highest BCUT2D eigenvalue weighted by atomic mass is 32.2. The molecule has 0 aromatic heterocycles. The Hall–Kier alpha value is -3.19. The average Bonchev–Trinajstić information content (AvgIpc) is 2.99. The zero-order valence-corrected chi connectivity index (χ0v) is 16.4. The number of nitrogens with zero attached hydrogens (tertiary/aromatic N) is 1. The Labute approximate surface area is 166 Å². The van der Waals surface area contributed by atoms with Crippen molar-refractivity contribution in [3.63, 3.8) is 0 Å². The Bertz CT molecular complexity index is 1020. The van der Waals surface area contributed by atoms with Gasteiger partial charge in [0.05, 0.1) is 19.1 Å². The molecule has 0 radical (unpaired) electrons. The van der Waals surface area contributed by atoms with E-state index in [9.17, 15) is 15.0 Å². The first-order chi connectivity index (χ1) is 13.4. The number of aliphatic hydroxyl groups is 1. The van der Waals surface area contributed by atoms with Gasteiger partial charge < -0.3 is 19.7 Å². The molecule has 7 heteroatoms. The first-order valence-corrected chi connectivity index (χ1v) is 9.19. The number of rotatable bonds is 4. The Balaban J connectivity index is 2.07. The maximum absolute atomic E-state index is 12.3. The minimum absolute atomic E-state index is 0.000145. The molecule has 2 N–H and O–H groups in total. The van der Waals surface area contributed by atoms with Gasteiger partial charge in [-0.15, -0.1) is 0 Å². The number of aliphatic imine (C=N–C) groups is 1. The van der Waals surface area contributed by atoms with Gasteiger partial charge in [0.25, 0.3) is 0 Å². The van der Waals surface area contributed by atoms with Crippen molar-refractivity contribution in [3.05, 3.63) is 69.8 Å². The number of esters is 1. The summed E-state index contributed by atoms with van der Waals surface area (Å²) in [6, 6.07) is 12.2. The minimum Gasteiger partial charge on any atom is -0.508 e. The van der Waals surface area contributed by atoms with Crippen LogP contribution in [0.2, 0.25) is 0 Å². The Kier molecular flexibility index (Phi) is 5.75. The number of thioether (sulfide) groups is 1. The van der Waals surface area contributed by atoms with Crippen LogP contribution in [-0.2, 0) is 9.53 Å². The third-order valence-electron chi connectivity index (χ3n) is 4.11. The third kappa shape index (κ3) is 3.89. The third-order valence-corrected chi connectivity index (χ3v) is 5.13. The van der Waals surface area contributed by atoms with Crippen LogP contribution in [0.5, 0.6) is 11.5 Å². The molecule has 28 heavy (non-hydrogen) atoms. The summed E-state index contributed by atoms with van der Waals surface area (Å²) in [5.74, 6) is -0.138. The number of hydrogen-bond donors (Lipinski definition) is 2. The maximum atomic E-state index is 12.3. The molecule has 0 amide bonds. The quantitative estimate of drug-likeness (QED) is 0.738. The van der Waals surface area contributed by atoms with Crippen LogP contribution >= 0.6 is 11.8 Å². The van der Waals surface area contributed by atoms with Crippen molar-refractivity contribution in [2.75, 3.05) is 14.2 Å². The number of phenols is 1. The zero-order chi connectivity index (χ0) is 20.3. The molecule has 0 fully saturated rings. The van der Waals surface area contributed by atoms with Crippen LogP contribution < -0.4 is 4.74 Å². The number of carbonyl (C=O) groups excluding carboxylic acids is 1. The molecular formula is C21H19NO5S. The van der Waals surface area contributed by atoms with E-state index in [0.29, 0.717) is 26.9 Å². The van der Waals surface area contributed by atoms with Gasteiger partial charge in [-0.1, -0.05) is 30.0 Å². The van der Waals surface area contributed by atoms with Crippen molar-refractivity contribution in [3.8, 4) is 11.5 Å². The van der Waals surface area contributed by atoms with Gasteiger partial charge in [0.15, 0.2) is 0 Å². The van der Waals surface area contributed by atoms with Gasteiger partial charge in [-0.25, -0.2) is 9.79 Å². The highest BCUT2D eigenvalue weighted by molar-refractivity contribution is 8.18. The highest BCUT2D eigenvalue weighted by Crippen LogP contribution is 2.41. The lowest BCUT2D eigenvalue weighted by Crippen LogP contribution is -2.10. The maximum Gasteiger partial charge on any atom is 0.344 e. The number of carbonyl (C=O) groups is 1. The summed E-state index contributed by atoms with van der Waals surface area (Å²) >= 11 is 1.16. The predicted octanol–water partition coefficient (Wildman–Crippen LogP) is 4.51. The molecule has 144 valence electrons. The van der Waals surface area contributed by atoms with Crippen LogP contribution in [-0.4, -0.2) is 35.4 Å². The molecule has 0 aliphatic carbocycles. The standard InChI is InChI=1S/C21H19NO5S/c1-12-10-13(8-9-15(12)23)11-17-19(24)18(21(25)27-3)20(28-17)22-14-6-4-5-7-16(14)26-2/h4-11,23-24H,1-3H3. The van der Waals surface area contributed by atoms with Gasteiger partial charge in [-0.05, 0) is 48.4 Å². The van der Waals surface area contributed by atoms with Crippen molar-refractivity contribution in [2.24, 2.45) is 4.99 Å². The lowest BCUT2D eigenvalue weighted by molar-refractivity contribution is -0.135. The van der Waals surface area contributed by atoms with Crippen molar-refractivity contribution in [2.45, 2.75) is 6.92 Å². The normalized spacial score (nSPS) is 16.7. The second-order valence-electron chi connectivity index (χ2n) is 5.96. The molecule has 1 aliphatic rings. The number of methoxy groups -OCH3 is 2. The number of aryl methyl sites for hydroxylation is 1. The number of para-hydroxylation sites is 2.